The number of carbonyl (C=O) groups is 3. The van der Waals surface area contributed by atoms with E-state index in [2.05, 4.69) is 14.6 Å². The van der Waals surface area contributed by atoms with E-state index >= 15 is 0 Å². The summed E-state index contributed by atoms with van der Waals surface area (Å²) in [6, 6.07) is 9.02. The quantitative estimate of drug-likeness (QED) is 0.460. The maximum absolute atomic E-state index is 12.5. The largest absolute Gasteiger partial charge is 0.494 e. The van der Waals surface area contributed by atoms with Crippen LogP contribution >= 0.6 is 0 Å². The molecule has 1 fully saturated rings. The molecule has 1 saturated heterocycles. The smallest absolute Gasteiger partial charge is 0.329 e. The standard InChI is InChI=1S/C21H23N3O5/c1-5-29-17-8-6-16(7-9-17)24-13(2)10-15(14(24)3)11-18-20(26)23(21(27)22-18)12-19(25)28-4/h6-11H,5,12H2,1-4H3,(H,22,27). The number of benzene rings is 1. The van der Waals surface area contributed by atoms with Crippen LogP contribution in [0.25, 0.3) is 11.8 Å². The first kappa shape index (κ1) is 20.2. The fourth-order valence-corrected chi connectivity index (χ4v) is 3.25. The predicted molar refractivity (Wildman–Crippen MR) is 107 cm³/mol. The highest BCUT2D eigenvalue weighted by atomic mass is 16.5. The molecule has 0 spiro atoms. The molecule has 8 nitrogen and oxygen atoms in total. The van der Waals surface area contributed by atoms with Gasteiger partial charge in [-0.2, -0.15) is 0 Å². The molecular formula is C21H23N3O5. The third-order valence-electron chi connectivity index (χ3n) is 4.65. The van der Waals surface area contributed by atoms with E-state index in [0.717, 1.165) is 33.3 Å². The van der Waals surface area contributed by atoms with E-state index < -0.39 is 24.5 Å². The summed E-state index contributed by atoms with van der Waals surface area (Å²) in [7, 11) is 1.20. The first-order valence-corrected chi connectivity index (χ1v) is 9.19. The average Bonchev–Trinajstić information content (AvgIpc) is 3.12. The van der Waals surface area contributed by atoms with Gasteiger partial charge in [-0.25, -0.2) is 9.69 Å². The number of nitrogens with zero attached hydrogens (tertiary/aromatic N) is 2. The molecule has 0 atom stereocenters. The summed E-state index contributed by atoms with van der Waals surface area (Å²) in [4.78, 5) is 36.8. The zero-order valence-electron chi connectivity index (χ0n) is 16.8. The minimum atomic E-state index is -0.663. The maximum atomic E-state index is 12.5. The Morgan fingerprint density at radius 3 is 2.48 bits per heavy atom. The first-order valence-electron chi connectivity index (χ1n) is 9.19. The number of ether oxygens (including phenoxy) is 2. The molecule has 29 heavy (non-hydrogen) atoms. The van der Waals surface area contributed by atoms with E-state index in [4.69, 9.17) is 4.74 Å². The first-order chi connectivity index (χ1) is 13.8. The number of nitrogens with one attached hydrogen (secondary N) is 1. The number of amides is 3. The van der Waals surface area contributed by atoms with Crippen LogP contribution in [0.5, 0.6) is 5.75 Å². The number of urea groups is 1. The van der Waals surface area contributed by atoms with Crippen molar-refractivity contribution in [2.45, 2.75) is 20.8 Å². The Hall–Kier alpha value is -3.55. The fraction of sp³-hybridized carbons (Fsp3) is 0.286. The molecule has 1 aromatic heterocycles. The summed E-state index contributed by atoms with van der Waals surface area (Å²) in [6.07, 6.45) is 1.62. The Morgan fingerprint density at radius 1 is 1.17 bits per heavy atom. The van der Waals surface area contributed by atoms with E-state index in [1.54, 1.807) is 6.08 Å². The molecule has 0 unspecified atom stereocenters. The van der Waals surface area contributed by atoms with Gasteiger partial charge in [0.15, 0.2) is 0 Å². The van der Waals surface area contributed by atoms with Gasteiger partial charge in [0.2, 0.25) is 0 Å². The van der Waals surface area contributed by atoms with Crippen LogP contribution < -0.4 is 10.1 Å². The number of aryl methyl sites for hydroxylation is 1. The zero-order chi connectivity index (χ0) is 21.1. The number of hydrogen-bond acceptors (Lipinski definition) is 5. The topological polar surface area (TPSA) is 89.9 Å². The summed E-state index contributed by atoms with van der Waals surface area (Å²) in [5, 5.41) is 2.51. The Bertz CT molecular complexity index is 988. The summed E-state index contributed by atoms with van der Waals surface area (Å²) in [6.45, 7) is 6.01. The van der Waals surface area contributed by atoms with Crippen molar-refractivity contribution in [1.82, 2.24) is 14.8 Å². The van der Waals surface area contributed by atoms with Crippen molar-refractivity contribution in [3.63, 3.8) is 0 Å². The van der Waals surface area contributed by atoms with Crippen molar-refractivity contribution in [1.29, 1.82) is 0 Å². The van der Waals surface area contributed by atoms with E-state index in [1.165, 1.54) is 7.11 Å². The molecule has 0 bridgehead atoms. The number of hydrogen-bond donors (Lipinski definition) is 1. The molecule has 1 aliphatic rings. The van der Waals surface area contributed by atoms with Crippen LogP contribution in [-0.2, 0) is 14.3 Å². The van der Waals surface area contributed by atoms with Gasteiger partial charge in [-0.1, -0.05) is 0 Å². The molecule has 0 radical (unpaired) electrons. The zero-order valence-corrected chi connectivity index (χ0v) is 16.8. The molecule has 1 N–H and O–H groups in total. The monoisotopic (exact) mass is 397 g/mol. The van der Waals surface area contributed by atoms with Crippen molar-refractivity contribution < 1.29 is 23.9 Å². The lowest BCUT2D eigenvalue weighted by atomic mass is 10.2. The molecule has 3 amide bonds. The van der Waals surface area contributed by atoms with Gasteiger partial charge in [0.25, 0.3) is 5.91 Å². The number of rotatable bonds is 6. The predicted octanol–water partition coefficient (Wildman–Crippen LogP) is 2.56. The van der Waals surface area contributed by atoms with Crippen LogP contribution in [-0.4, -0.2) is 47.6 Å². The van der Waals surface area contributed by atoms with Gasteiger partial charge in [0, 0.05) is 17.1 Å². The van der Waals surface area contributed by atoms with Crippen molar-refractivity contribution in [2.75, 3.05) is 20.3 Å². The van der Waals surface area contributed by atoms with Gasteiger partial charge in [-0.3, -0.25) is 9.59 Å². The van der Waals surface area contributed by atoms with Gasteiger partial charge in [0.05, 0.1) is 13.7 Å². The van der Waals surface area contributed by atoms with Crippen molar-refractivity contribution >= 4 is 24.0 Å². The average molecular weight is 397 g/mol. The van der Waals surface area contributed by atoms with Crippen molar-refractivity contribution in [3.05, 3.63) is 53.0 Å². The number of carbonyl (C=O) groups excluding carboxylic acids is 3. The molecule has 2 heterocycles. The lowest BCUT2D eigenvalue weighted by Gasteiger charge is -2.11. The van der Waals surface area contributed by atoms with E-state index in [0.29, 0.717) is 6.61 Å². The van der Waals surface area contributed by atoms with E-state index in [1.807, 2.05) is 51.1 Å². The van der Waals surface area contributed by atoms with Gasteiger partial charge < -0.3 is 19.4 Å². The number of imide groups is 1. The van der Waals surface area contributed by atoms with Crippen LogP contribution in [0.3, 0.4) is 0 Å². The molecule has 1 aliphatic heterocycles. The van der Waals surface area contributed by atoms with Crippen LogP contribution in [0.15, 0.2) is 36.0 Å². The Balaban J connectivity index is 1.89. The SMILES string of the molecule is CCOc1ccc(-n2c(C)cc(C=C3NC(=O)N(CC(=O)OC)C3=O)c2C)cc1. The van der Waals surface area contributed by atoms with Gasteiger partial charge in [-0.15, -0.1) is 0 Å². The van der Waals surface area contributed by atoms with E-state index in [9.17, 15) is 14.4 Å². The molecule has 3 rings (SSSR count). The normalized spacial score (nSPS) is 15.0. The second kappa shape index (κ2) is 8.22. The van der Waals surface area contributed by atoms with Crippen molar-refractivity contribution in [2.24, 2.45) is 0 Å². The summed E-state index contributed by atoms with van der Waals surface area (Å²) < 4.78 is 12.1. The lowest BCUT2D eigenvalue weighted by Crippen LogP contribution is -2.36. The molecule has 0 saturated carbocycles. The summed E-state index contributed by atoms with van der Waals surface area (Å²) in [5.74, 6) is -0.430. The highest BCUT2D eigenvalue weighted by Crippen LogP contribution is 2.25. The Labute approximate surface area is 168 Å². The third kappa shape index (κ3) is 4.01. The molecule has 8 heteroatoms. The highest BCUT2D eigenvalue weighted by molar-refractivity contribution is 6.15. The summed E-state index contributed by atoms with van der Waals surface area (Å²) >= 11 is 0. The third-order valence-corrected chi connectivity index (χ3v) is 4.65. The van der Waals surface area contributed by atoms with Gasteiger partial charge >= 0.3 is 12.0 Å². The van der Waals surface area contributed by atoms with Gasteiger partial charge in [-0.05, 0) is 62.7 Å². The molecule has 2 aromatic rings. The lowest BCUT2D eigenvalue weighted by molar-refractivity contribution is -0.143. The fourth-order valence-electron chi connectivity index (χ4n) is 3.25. The molecule has 0 aliphatic carbocycles. The second-order valence-electron chi connectivity index (χ2n) is 6.54. The summed E-state index contributed by atoms with van der Waals surface area (Å²) in [5.41, 5.74) is 3.75. The molecule has 1 aromatic carbocycles. The number of methoxy groups -OCH3 is 1. The Morgan fingerprint density at radius 2 is 1.86 bits per heavy atom. The number of aromatic nitrogens is 1. The molecule has 152 valence electrons. The van der Waals surface area contributed by atoms with Crippen LogP contribution in [0.4, 0.5) is 4.79 Å². The van der Waals surface area contributed by atoms with Crippen LogP contribution in [0, 0.1) is 13.8 Å². The molecular weight excluding hydrogens is 374 g/mol. The van der Waals surface area contributed by atoms with Crippen LogP contribution in [0.2, 0.25) is 0 Å². The van der Waals surface area contributed by atoms with Crippen molar-refractivity contribution in [3.8, 4) is 11.4 Å². The minimum absolute atomic E-state index is 0.117. The maximum Gasteiger partial charge on any atom is 0.329 e. The van der Waals surface area contributed by atoms with Gasteiger partial charge in [0.1, 0.15) is 18.0 Å². The van der Waals surface area contributed by atoms with E-state index in [-0.39, 0.29) is 5.70 Å². The second-order valence-corrected chi connectivity index (χ2v) is 6.54. The Kier molecular flexibility index (Phi) is 5.72. The minimum Gasteiger partial charge on any atom is -0.494 e. The van der Waals surface area contributed by atoms with Crippen LogP contribution in [0.1, 0.15) is 23.9 Å². The highest BCUT2D eigenvalue weighted by Gasteiger charge is 2.35. The number of esters is 1.